The Morgan fingerprint density at radius 2 is 1.62 bits per heavy atom. The predicted octanol–water partition coefficient (Wildman–Crippen LogP) is 5.83. The zero-order valence-electron chi connectivity index (χ0n) is 14.1. The molecule has 3 aromatic rings. The second kappa shape index (κ2) is 7.56. The summed E-state index contributed by atoms with van der Waals surface area (Å²) in [5, 5.41) is 0.912. The van der Waals surface area contributed by atoms with Gasteiger partial charge in [-0.25, -0.2) is 0 Å². The lowest BCUT2D eigenvalue weighted by Gasteiger charge is -2.25. The van der Waals surface area contributed by atoms with Crippen LogP contribution in [0.25, 0.3) is 0 Å². The Hall–Kier alpha value is -2.23. The number of rotatable bonds is 3. The van der Waals surface area contributed by atoms with Gasteiger partial charge in [-0.2, -0.15) is 0 Å². The van der Waals surface area contributed by atoms with E-state index in [0.29, 0.717) is 18.1 Å². The Labute approximate surface area is 162 Å². The SMILES string of the molecule is O=C1c2ccccc2SC(c2ccccc2)CN1Cc1ccc(Cl)cc1. The van der Waals surface area contributed by atoms with Gasteiger partial charge in [0, 0.05) is 23.0 Å². The number of benzene rings is 3. The molecule has 26 heavy (non-hydrogen) atoms. The average Bonchev–Trinajstić information content (AvgIpc) is 2.82. The molecule has 1 heterocycles. The van der Waals surface area contributed by atoms with Crippen LogP contribution in [0.3, 0.4) is 0 Å². The van der Waals surface area contributed by atoms with E-state index in [4.69, 9.17) is 11.6 Å². The van der Waals surface area contributed by atoms with Crippen LogP contribution in [-0.4, -0.2) is 17.4 Å². The molecule has 2 nitrogen and oxygen atoms in total. The van der Waals surface area contributed by atoms with Crippen LogP contribution in [0.15, 0.2) is 83.8 Å². The Kier molecular flexibility index (Phi) is 5.00. The largest absolute Gasteiger partial charge is 0.333 e. The smallest absolute Gasteiger partial charge is 0.255 e. The number of nitrogens with zero attached hydrogens (tertiary/aromatic N) is 1. The van der Waals surface area contributed by atoms with Gasteiger partial charge >= 0.3 is 0 Å². The van der Waals surface area contributed by atoms with Crippen molar-refractivity contribution in [3.63, 3.8) is 0 Å². The van der Waals surface area contributed by atoms with Gasteiger partial charge in [-0.3, -0.25) is 4.79 Å². The molecule has 1 aliphatic rings. The van der Waals surface area contributed by atoms with Crippen molar-refractivity contribution in [3.05, 3.63) is 101 Å². The van der Waals surface area contributed by atoms with E-state index >= 15 is 0 Å². The van der Waals surface area contributed by atoms with Crippen molar-refractivity contribution in [2.24, 2.45) is 0 Å². The number of carbonyl (C=O) groups is 1. The third-order valence-electron chi connectivity index (χ3n) is 4.52. The molecule has 0 fully saturated rings. The van der Waals surface area contributed by atoms with Gasteiger partial charge in [0.2, 0.25) is 0 Å². The Balaban J connectivity index is 1.70. The minimum atomic E-state index is 0.0847. The molecule has 4 rings (SSSR count). The van der Waals surface area contributed by atoms with Gasteiger partial charge in [-0.15, -0.1) is 11.8 Å². The highest BCUT2D eigenvalue weighted by molar-refractivity contribution is 7.99. The van der Waals surface area contributed by atoms with E-state index in [0.717, 1.165) is 16.0 Å². The molecule has 1 aliphatic heterocycles. The van der Waals surface area contributed by atoms with Crippen LogP contribution < -0.4 is 0 Å². The fourth-order valence-corrected chi connectivity index (χ4v) is 4.60. The van der Waals surface area contributed by atoms with Crippen molar-refractivity contribution in [2.75, 3.05) is 6.54 Å². The third-order valence-corrected chi connectivity index (χ3v) is 6.09. The Morgan fingerprint density at radius 1 is 0.923 bits per heavy atom. The molecule has 1 unspecified atom stereocenters. The maximum absolute atomic E-state index is 13.2. The first-order valence-corrected chi connectivity index (χ1v) is 9.81. The molecule has 3 aromatic carbocycles. The van der Waals surface area contributed by atoms with E-state index in [9.17, 15) is 4.79 Å². The topological polar surface area (TPSA) is 20.3 Å². The van der Waals surface area contributed by atoms with Gasteiger partial charge in [-0.05, 0) is 35.4 Å². The molecule has 1 amide bonds. The number of thioether (sulfide) groups is 1. The summed E-state index contributed by atoms with van der Waals surface area (Å²) in [6.45, 7) is 1.25. The van der Waals surface area contributed by atoms with E-state index in [1.807, 2.05) is 59.5 Å². The molecule has 130 valence electrons. The fourth-order valence-electron chi connectivity index (χ4n) is 3.18. The zero-order chi connectivity index (χ0) is 17.9. The normalized spacial score (nSPS) is 16.9. The summed E-state index contributed by atoms with van der Waals surface area (Å²) >= 11 is 7.76. The highest BCUT2D eigenvalue weighted by atomic mass is 35.5. The molecule has 0 saturated carbocycles. The number of hydrogen-bond donors (Lipinski definition) is 0. The zero-order valence-corrected chi connectivity index (χ0v) is 15.7. The molecule has 0 aliphatic carbocycles. The van der Waals surface area contributed by atoms with E-state index < -0.39 is 0 Å². The molecule has 1 atom stereocenters. The number of amides is 1. The Bertz CT molecular complexity index is 911. The highest BCUT2D eigenvalue weighted by Crippen LogP contribution is 2.41. The number of halogens is 1. The summed E-state index contributed by atoms with van der Waals surface area (Å²) in [4.78, 5) is 16.2. The van der Waals surface area contributed by atoms with Gasteiger partial charge in [0.25, 0.3) is 5.91 Å². The van der Waals surface area contributed by atoms with Crippen LogP contribution in [0.5, 0.6) is 0 Å². The second-order valence-corrected chi connectivity index (χ2v) is 8.01. The van der Waals surface area contributed by atoms with Crippen LogP contribution in [0.1, 0.15) is 26.7 Å². The molecule has 0 spiro atoms. The van der Waals surface area contributed by atoms with Crippen LogP contribution in [0.4, 0.5) is 0 Å². The number of carbonyl (C=O) groups excluding carboxylic acids is 1. The van der Waals surface area contributed by atoms with E-state index in [1.165, 1.54) is 5.56 Å². The first-order chi connectivity index (χ1) is 12.7. The van der Waals surface area contributed by atoms with Crippen LogP contribution in [-0.2, 0) is 6.54 Å². The molecular formula is C22H18ClNOS. The standard InChI is InChI=1S/C22H18ClNOS/c23-18-12-10-16(11-13-18)14-24-15-21(17-6-2-1-3-7-17)26-20-9-5-4-8-19(20)22(24)25/h1-13,21H,14-15H2. The summed E-state index contributed by atoms with van der Waals surface area (Å²) in [7, 11) is 0. The Morgan fingerprint density at radius 3 is 2.38 bits per heavy atom. The lowest BCUT2D eigenvalue weighted by atomic mass is 10.1. The van der Waals surface area contributed by atoms with Crippen molar-refractivity contribution < 1.29 is 4.79 Å². The van der Waals surface area contributed by atoms with Crippen LogP contribution >= 0.6 is 23.4 Å². The minimum absolute atomic E-state index is 0.0847. The van der Waals surface area contributed by atoms with Crippen LogP contribution in [0.2, 0.25) is 5.02 Å². The lowest BCUT2D eigenvalue weighted by molar-refractivity contribution is 0.0743. The van der Waals surface area contributed by atoms with Crippen molar-refractivity contribution in [1.82, 2.24) is 4.90 Å². The van der Waals surface area contributed by atoms with E-state index in [1.54, 1.807) is 11.8 Å². The van der Waals surface area contributed by atoms with Crippen LogP contribution in [0, 0.1) is 0 Å². The monoisotopic (exact) mass is 379 g/mol. The first kappa shape index (κ1) is 17.2. The molecular weight excluding hydrogens is 362 g/mol. The molecule has 0 N–H and O–H groups in total. The molecule has 0 aromatic heterocycles. The average molecular weight is 380 g/mol. The van der Waals surface area contributed by atoms with Crippen molar-refractivity contribution in [2.45, 2.75) is 16.7 Å². The van der Waals surface area contributed by atoms with Gasteiger partial charge in [0.15, 0.2) is 0 Å². The molecule has 0 radical (unpaired) electrons. The highest BCUT2D eigenvalue weighted by Gasteiger charge is 2.28. The maximum atomic E-state index is 13.2. The third kappa shape index (κ3) is 3.64. The summed E-state index contributed by atoms with van der Waals surface area (Å²) < 4.78 is 0. The van der Waals surface area contributed by atoms with Crippen molar-refractivity contribution in [1.29, 1.82) is 0 Å². The summed E-state index contributed by atoms with van der Waals surface area (Å²) in [5.41, 5.74) is 3.10. The summed E-state index contributed by atoms with van der Waals surface area (Å²) in [6.07, 6.45) is 0. The van der Waals surface area contributed by atoms with Crippen molar-refractivity contribution in [3.8, 4) is 0 Å². The summed E-state index contributed by atoms with van der Waals surface area (Å²) in [6, 6.07) is 26.0. The molecule has 0 saturated heterocycles. The lowest BCUT2D eigenvalue weighted by Crippen LogP contribution is -2.32. The van der Waals surface area contributed by atoms with Gasteiger partial charge < -0.3 is 4.90 Å². The second-order valence-electron chi connectivity index (χ2n) is 6.33. The van der Waals surface area contributed by atoms with Gasteiger partial charge in [-0.1, -0.05) is 66.2 Å². The fraction of sp³-hybridized carbons (Fsp3) is 0.136. The van der Waals surface area contributed by atoms with Gasteiger partial charge in [0.05, 0.1) is 10.8 Å². The quantitative estimate of drug-likeness (QED) is 0.570. The van der Waals surface area contributed by atoms with E-state index in [2.05, 4.69) is 24.3 Å². The first-order valence-electron chi connectivity index (χ1n) is 8.55. The maximum Gasteiger partial charge on any atom is 0.255 e. The van der Waals surface area contributed by atoms with Gasteiger partial charge in [0.1, 0.15) is 0 Å². The number of fused-ring (bicyclic) bond motifs is 1. The van der Waals surface area contributed by atoms with Crippen molar-refractivity contribution >= 4 is 29.3 Å². The minimum Gasteiger partial charge on any atom is -0.333 e. The summed E-state index contributed by atoms with van der Waals surface area (Å²) in [5.74, 6) is 0.0847. The van der Waals surface area contributed by atoms with E-state index in [-0.39, 0.29) is 11.2 Å². The molecule has 4 heteroatoms. The number of hydrogen-bond acceptors (Lipinski definition) is 2. The molecule has 0 bridgehead atoms. The predicted molar refractivity (Wildman–Crippen MR) is 108 cm³/mol.